The van der Waals surface area contributed by atoms with Gasteiger partial charge in [0.25, 0.3) is 0 Å². The lowest BCUT2D eigenvalue weighted by Gasteiger charge is -2.23. The van der Waals surface area contributed by atoms with Gasteiger partial charge in [0.1, 0.15) is 11.5 Å². The average molecular weight is 257 g/mol. The summed E-state index contributed by atoms with van der Waals surface area (Å²) in [7, 11) is 1.82. The Morgan fingerprint density at radius 1 is 1.00 bits per heavy atom. The van der Waals surface area contributed by atoms with Crippen LogP contribution in [0.3, 0.4) is 0 Å². The summed E-state index contributed by atoms with van der Waals surface area (Å²) in [5.41, 5.74) is -0.0118. The summed E-state index contributed by atoms with van der Waals surface area (Å²) in [6.45, 7) is 2.29. The standard InChI is InChI=1S/C16H19NO2/c1-16(18,12-17-2)13-8-10-15(11-9-13)19-14-6-4-3-5-7-14/h3-11,17-18H,12H2,1-2H3. The second kappa shape index (κ2) is 5.87. The Balaban J connectivity index is 2.11. The minimum absolute atomic E-state index is 0.506. The van der Waals surface area contributed by atoms with Crippen LogP contribution in [0, 0.1) is 0 Å². The molecule has 3 heteroatoms. The van der Waals surface area contributed by atoms with Gasteiger partial charge in [0.15, 0.2) is 0 Å². The van der Waals surface area contributed by atoms with Gasteiger partial charge >= 0.3 is 0 Å². The van der Waals surface area contributed by atoms with Crippen molar-refractivity contribution in [2.24, 2.45) is 0 Å². The quantitative estimate of drug-likeness (QED) is 0.865. The van der Waals surface area contributed by atoms with Gasteiger partial charge in [-0.3, -0.25) is 0 Å². The largest absolute Gasteiger partial charge is 0.457 e. The van der Waals surface area contributed by atoms with Crippen molar-refractivity contribution in [3.05, 3.63) is 60.2 Å². The smallest absolute Gasteiger partial charge is 0.127 e. The van der Waals surface area contributed by atoms with Crippen molar-refractivity contribution in [2.45, 2.75) is 12.5 Å². The molecule has 2 aromatic rings. The molecular weight excluding hydrogens is 238 g/mol. The van der Waals surface area contributed by atoms with Gasteiger partial charge in [-0.15, -0.1) is 0 Å². The highest BCUT2D eigenvalue weighted by molar-refractivity contribution is 5.34. The predicted molar refractivity (Wildman–Crippen MR) is 76.5 cm³/mol. The van der Waals surface area contributed by atoms with E-state index in [1.807, 2.05) is 61.6 Å². The zero-order valence-corrected chi connectivity index (χ0v) is 11.3. The maximum atomic E-state index is 10.3. The molecule has 0 amide bonds. The normalized spacial score (nSPS) is 13.8. The van der Waals surface area contributed by atoms with Crippen LogP contribution in [-0.2, 0) is 5.60 Å². The summed E-state index contributed by atoms with van der Waals surface area (Å²) in [5, 5.41) is 13.2. The van der Waals surface area contributed by atoms with Gasteiger partial charge in [0.2, 0.25) is 0 Å². The van der Waals surface area contributed by atoms with Crippen molar-refractivity contribution in [2.75, 3.05) is 13.6 Å². The molecule has 0 saturated carbocycles. The van der Waals surface area contributed by atoms with Gasteiger partial charge in [-0.2, -0.15) is 0 Å². The number of aliphatic hydroxyl groups is 1. The molecular formula is C16H19NO2. The number of ether oxygens (including phenoxy) is 1. The van der Waals surface area contributed by atoms with Gasteiger partial charge in [0, 0.05) is 6.54 Å². The highest BCUT2D eigenvalue weighted by Crippen LogP contribution is 2.25. The molecule has 3 nitrogen and oxygen atoms in total. The van der Waals surface area contributed by atoms with Crippen LogP contribution in [0.1, 0.15) is 12.5 Å². The van der Waals surface area contributed by atoms with Gasteiger partial charge in [-0.25, -0.2) is 0 Å². The zero-order chi connectivity index (χ0) is 13.7. The third-order valence-corrected chi connectivity index (χ3v) is 2.98. The number of hydrogen-bond acceptors (Lipinski definition) is 3. The molecule has 2 aromatic carbocycles. The van der Waals surface area contributed by atoms with E-state index in [9.17, 15) is 5.11 Å². The Labute approximate surface area is 113 Å². The summed E-state index contributed by atoms with van der Waals surface area (Å²) in [6.07, 6.45) is 0. The minimum atomic E-state index is -0.875. The number of hydrogen-bond donors (Lipinski definition) is 2. The van der Waals surface area contributed by atoms with E-state index in [0.29, 0.717) is 6.54 Å². The van der Waals surface area contributed by atoms with Gasteiger partial charge < -0.3 is 15.2 Å². The first-order chi connectivity index (χ1) is 9.12. The Hall–Kier alpha value is -1.84. The molecule has 0 aliphatic rings. The molecule has 0 radical (unpaired) electrons. The predicted octanol–water partition coefficient (Wildman–Crippen LogP) is 2.91. The summed E-state index contributed by atoms with van der Waals surface area (Å²) < 4.78 is 5.71. The summed E-state index contributed by atoms with van der Waals surface area (Å²) in [4.78, 5) is 0. The molecule has 1 atom stereocenters. The Kier molecular flexibility index (Phi) is 4.20. The van der Waals surface area contributed by atoms with Crippen molar-refractivity contribution >= 4 is 0 Å². The number of benzene rings is 2. The highest BCUT2D eigenvalue weighted by atomic mass is 16.5. The van der Waals surface area contributed by atoms with E-state index in [1.54, 1.807) is 6.92 Å². The second-order valence-corrected chi connectivity index (χ2v) is 4.74. The van der Waals surface area contributed by atoms with Crippen LogP contribution in [0.25, 0.3) is 0 Å². The monoisotopic (exact) mass is 257 g/mol. The number of nitrogens with one attached hydrogen (secondary N) is 1. The van der Waals surface area contributed by atoms with Crippen molar-refractivity contribution in [1.29, 1.82) is 0 Å². The van der Waals surface area contributed by atoms with Crippen LogP contribution in [0.2, 0.25) is 0 Å². The molecule has 19 heavy (non-hydrogen) atoms. The maximum absolute atomic E-state index is 10.3. The van der Waals surface area contributed by atoms with Crippen LogP contribution in [0.4, 0.5) is 0 Å². The lowest BCUT2D eigenvalue weighted by atomic mass is 9.96. The van der Waals surface area contributed by atoms with E-state index in [1.165, 1.54) is 0 Å². The van der Waals surface area contributed by atoms with Crippen LogP contribution < -0.4 is 10.1 Å². The maximum Gasteiger partial charge on any atom is 0.127 e. The third kappa shape index (κ3) is 3.56. The topological polar surface area (TPSA) is 41.5 Å². The Morgan fingerprint density at radius 3 is 2.16 bits per heavy atom. The molecule has 0 saturated heterocycles. The fourth-order valence-corrected chi connectivity index (χ4v) is 1.95. The van der Waals surface area contributed by atoms with Gasteiger partial charge in [-0.05, 0) is 43.8 Å². The molecule has 0 aromatic heterocycles. The fraction of sp³-hybridized carbons (Fsp3) is 0.250. The summed E-state index contributed by atoms with van der Waals surface area (Å²) in [6, 6.07) is 17.1. The van der Waals surface area contributed by atoms with Crippen molar-refractivity contribution in [3.63, 3.8) is 0 Å². The fourth-order valence-electron chi connectivity index (χ4n) is 1.95. The molecule has 0 bridgehead atoms. The van der Waals surface area contributed by atoms with Gasteiger partial charge in [-0.1, -0.05) is 30.3 Å². The SMILES string of the molecule is CNCC(C)(O)c1ccc(Oc2ccccc2)cc1. The molecule has 2 rings (SSSR count). The lowest BCUT2D eigenvalue weighted by Crippen LogP contribution is -2.33. The van der Waals surface area contributed by atoms with Crippen LogP contribution in [0.5, 0.6) is 11.5 Å². The first-order valence-electron chi connectivity index (χ1n) is 6.32. The summed E-state index contributed by atoms with van der Waals surface area (Å²) in [5.74, 6) is 1.56. The molecule has 0 heterocycles. The highest BCUT2D eigenvalue weighted by Gasteiger charge is 2.21. The molecule has 0 aliphatic heterocycles. The van der Waals surface area contributed by atoms with Crippen molar-refractivity contribution in [1.82, 2.24) is 5.32 Å². The molecule has 0 spiro atoms. The zero-order valence-electron chi connectivity index (χ0n) is 11.3. The number of para-hydroxylation sites is 1. The van der Waals surface area contributed by atoms with Crippen LogP contribution in [-0.4, -0.2) is 18.7 Å². The minimum Gasteiger partial charge on any atom is -0.457 e. The van der Waals surface area contributed by atoms with E-state index in [-0.39, 0.29) is 0 Å². The third-order valence-electron chi connectivity index (χ3n) is 2.98. The van der Waals surface area contributed by atoms with E-state index in [2.05, 4.69) is 5.32 Å². The molecule has 2 N–H and O–H groups in total. The van der Waals surface area contributed by atoms with Crippen molar-refractivity contribution in [3.8, 4) is 11.5 Å². The van der Waals surface area contributed by atoms with Gasteiger partial charge in [0.05, 0.1) is 5.60 Å². The molecule has 1 unspecified atom stereocenters. The van der Waals surface area contributed by atoms with Crippen molar-refractivity contribution < 1.29 is 9.84 Å². The first-order valence-corrected chi connectivity index (χ1v) is 6.32. The number of rotatable bonds is 5. The second-order valence-electron chi connectivity index (χ2n) is 4.74. The van der Waals surface area contributed by atoms with E-state index in [4.69, 9.17) is 4.74 Å². The van der Waals surface area contributed by atoms with Crippen LogP contribution in [0.15, 0.2) is 54.6 Å². The average Bonchev–Trinajstić information content (AvgIpc) is 2.40. The van der Waals surface area contributed by atoms with E-state index < -0.39 is 5.60 Å². The van der Waals surface area contributed by atoms with E-state index in [0.717, 1.165) is 17.1 Å². The van der Waals surface area contributed by atoms with E-state index >= 15 is 0 Å². The Morgan fingerprint density at radius 2 is 1.58 bits per heavy atom. The number of likely N-dealkylation sites (N-methyl/N-ethyl adjacent to an activating group) is 1. The molecule has 100 valence electrons. The molecule has 0 aliphatic carbocycles. The summed E-state index contributed by atoms with van der Waals surface area (Å²) >= 11 is 0. The first kappa shape index (κ1) is 13.6. The Bertz CT molecular complexity index is 506. The molecule has 0 fully saturated rings. The van der Waals surface area contributed by atoms with Crippen LogP contribution >= 0.6 is 0 Å². The lowest BCUT2D eigenvalue weighted by molar-refractivity contribution is 0.0591.